The van der Waals surface area contributed by atoms with E-state index in [1.807, 2.05) is 36.4 Å². The average molecular weight is 366 g/mol. The Morgan fingerprint density at radius 1 is 1.00 bits per heavy atom. The predicted octanol–water partition coefficient (Wildman–Crippen LogP) is 1.78. The van der Waals surface area contributed by atoms with Crippen molar-refractivity contribution in [1.29, 1.82) is 0 Å². The zero-order valence-corrected chi connectivity index (χ0v) is 14.9. The molecule has 1 saturated heterocycles. The maximum absolute atomic E-state index is 12.7. The normalized spacial score (nSPS) is 15.4. The summed E-state index contributed by atoms with van der Waals surface area (Å²) < 4.78 is 0. The molecule has 7 heteroatoms. The number of aromatic nitrogens is 1. The van der Waals surface area contributed by atoms with Gasteiger partial charge in [0, 0.05) is 49.0 Å². The van der Waals surface area contributed by atoms with E-state index in [1.165, 1.54) is 0 Å². The summed E-state index contributed by atoms with van der Waals surface area (Å²) in [7, 11) is 0. The van der Waals surface area contributed by atoms with Gasteiger partial charge in [-0.1, -0.05) is 30.3 Å². The molecule has 27 heavy (non-hydrogen) atoms. The third-order valence-corrected chi connectivity index (χ3v) is 5.08. The minimum absolute atomic E-state index is 0.110. The number of nitrogens with zero attached hydrogens (tertiary/aromatic N) is 2. The summed E-state index contributed by atoms with van der Waals surface area (Å²) in [4.78, 5) is 32.2. The number of carbonyl (C=O) groups is 2. The van der Waals surface area contributed by atoms with Crippen molar-refractivity contribution < 1.29 is 14.7 Å². The molecule has 1 aliphatic rings. The number of hydrogen-bond acceptors (Lipinski definition) is 4. The van der Waals surface area contributed by atoms with E-state index in [0.29, 0.717) is 38.3 Å². The lowest BCUT2D eigenvalue weighted by atomic mass is 10.1. The van der Waals surface area contributed by atoms with E-state index in [1.54, 1.807) is 11.0 Å². The Bertz CT molecular complexity index is 989. The molecule has 1 fully saturated rings. The highest BCUT2D eigenvalue weighted by Crippen LogP contribution is 2.27. The lowest BCUT2D eigenvalue weighted by Crippen LogP contribution is -2.53. The van der Waals surface area contributed by atoms with Crippen LogP contribution < -0.4 is 5.32 Å². The van der Waals surface area contributed by atoms with E-state index in [2.05, 4.69) is 15.2 Å². The summed E-state index contributed by atoms with van der Waals surface area (Å²) in [5.74, 6) is -0.407. The van der Waals surface area contributed by atoms with Crippen LogP contribution in [0.5, 0.6) is 0 Å². The van der Waals surface area contributed by atoms with E-state index >= 15 is 0 Å². The molecule has 2 aromatic carbocycles. The molecule has 0 aliphatic carbocycles. The standard InChI is InChI=1S/C20H22N4O3/c25-13-12-23-8-10-24(11-9-23)20(27)22-19(26)16-6-3-5-15-14-4-1-2-7-17(14)21-18(15)16/h1-7,21,25H,8-13H2,(H,22,26,27). The summed E-state index contributed by atoms with van der Waals surface area (Å²) in [5, 5.41) is 13.5. The van der Waals surface area contributed by atoms with E-state index in [9.17, 15) is 9.59 Å². The van der Waals surface area contributed by atoms with Crippen molar-refractivity contribution in [3.05, 3.63) is 48.0 Å². The molecule has 0 spiro atoms. The Kier molecular flexibility index (Phi) is 4.79. The molecule has 3 N–H and O–H groups in total. The number of H-pyrrole nitrogens is 1. The molecule has 7 nitrogen and oxygen atoms in total. The summed E-state index contributed by atoms with van der Waals surface area (Å²) in [6.07, 6.45) is 0. The Morgan fingerprint density at radius 3 is 2.52 bits per heavy atom. The van der Waals surface area contributed by atoms with Gasteiger partial charge in [-0.2, -0.15) is 0 Å². The maximum atomic E-state index is 12.7. The van der Waals surface area contributed by atoms with Crippen LogP contribution in [0.2, 0.25) is 0 Å². The lowest BCUT2D eigenvalue weighted by molar-refractivity contribution is 0.0928. The number of fused-ring (bicyclic) bond motifs is 3. The van der Waals surface area contributed by atoms with E-state index < -0.39 is 5.91 Å². The highest BCUT2D eigenvalue weighted by atomic mass is 16.3. The Hall–Kier alpha value is -2.90. The lowest BCUT2D eigenvalue weighted by Gasteiger charge is -2.34. The Labute approximate surface area is 156 Å². The summed E-state index contributed by atoms with van der Waals surface area (Å²) in [6.45, 7) is 3.18. The number of hydrogen-bond donors (Lipinski definition) is 3. The van der Waals surface area contributed by atoms with Crippen LogP contribution in [0.4, 0.5) is 4.79 Å². The minimum Gasteiger partial charge on any atom is -0.395 e. The van der Waals surface area contributed by atoms with Crippen LogP contribution in [0.25, 0.3) is 21.8 Å². The van der Waals surface area contributed by atoms with Crippen LogP contribution in [0.3, 0.4) is 0 Å². The first-order chi connectivity index (χ1) is 13.2. The van der Waals surface area contributed by atoms with E-state index in [-0.39, 0.29) is 12.6 Å². The zero-order chi connectivity index (χ0) is 18.8. The fourth-order valence-corrected chi connectivity index (χ4v) is 3.62. The number of carbonyl (C=O) groups excluding carboxylic acids is 2. The molecule has 2 heterocycles. The number of aliphatic hydroxyl groups is 1. The monoisotopic (exact) mass is 366 g/mol. The number of para-hydroxylation sites is 2. The highest BCUT2D eigenvalue weighted by Gasteiger charge is 2.23. The largest absolute Gasteiger partial charge is 0.395 e. The third-order valence-electron chi connectivity index (χ3n) is 5.08. The van der Waals surface area contributed by atoms with Crippen LogP contribution >= 0.6 is 0 Å². The molecule has 0 saturated carbocycles. The van der Waals surface area contributed by atoms with Gasteiger partial charge in [0.2, 0.25) is 0 Å². The van der Waals surface area contributed by atoms with Gasteiger partial charge >= 0.3 is 6.03 Å². The Morgan fingerprint density at radius 2 is 1.74 bits per heavy atom. The summed E-state index contributed by atoms with van der Waals surface area (Å²) >= 11 is 0. The number of piperazine rings is 1. The molecule has 0 unspecified atom stereocenters. The first-order valence-corrected chi connectivity index (χ1v) is 9.10. The van der Waals surface area contributed by atoms with Gasteiger partial charge in [-0.15, -0.1) is 0 Å². The van der Waals surface area contributed by atoms with Crippen LogP contribution in [-0.4, -0.2) is 71.2 Å². The van der Waals surface area contributed by atoms with Gasteiger partial charge in [-0.05, 0) is 12.1 Å². The van der Waals surface area contributed by atoms with Crippen LogP contribution in [0.1, 0.15) is 10.4 Å². The van der Waals surface area contributed by atoms with Crippen LogP contribution in [-0.2, 0) is 0 Å². The van der Waals surface area contributed by atoms with Gasteiger partial charge in [-0.3, -0.25) is 15.0 Å². The molecule has 0 atom stereocenters. The summed E-state index contributed by atoms with van der Waals surface area (Å²) in [6, 6.07) is 13.0. The molecule has 1 aromatic heterocycles. The van der Waals surface area contributed by atoms with Crippen molar-refractivity contribution in [3.8, 4) is 0 Å². The fraction of sp³-hybridized carbons (Fsp3) is 0.300. The molecule has 3 aromatic rings. The number of β-amino-alcohol motifs (C(OH)–C–C–N with tert-alkyl or cyclic N) is 1. The topological polar surface area (TPSA) is 88.7 Å². The van der Waals surface area contributed by atoms with E-state index in [4.69, 9.17) is 5.11 Å². The fourth-order valence-electron chi connectivity index (χ4n) is 3.62. The SMILES string of the molecule is O=C(NC(=O)N1CCN(CCO)CC1)c1cccc2c1[nH]c1ccccc12. The first-order valence-electron chi connectivity index (χ1n) is 9.10. The molecule has 1 aliphatic heterocycles. The van der Waals surface area contributed by atoms with Crippen LogP contribution in [0.15, 0.2) is 42.5 Å². The predicted molar refractivity (Wildman–Crippen MR) is 104 cm³/mol. The summed E-state index contributed by atoms with van der Waals surface area (Å²) in [5.41, 5.74) is 2.15. The second kappa shape index (κ2) is 7.38. The van der Waals surface area contributed by atoms with Gasteiger partial charge < -0.3 is 15.0 Å². The molecular formula is C20H22N4O3. The molecule has 140 valence electrons. The second-order valence-electron chi connectivity index (χ2n) is 6.71. The van der Waals surface area contributed by atoms with Crippen LogP contribution in [0, 0.1) is 0 Å². The quantitative estimate of drug-likeness (QED) is 0.659. The van der Waals surface area contributed by atoms with Crippen molar-refractivity contribution >= 4 is 33.7 Å². The first kappa shape index (κ1) is 17.5. The minimum atomic E-state index is -0.407. The van der Waals surface area contributed by atoms with Crippen molar-refractivity contribution in [2.75, 3.05) is 39.3 Å². The number of nitrogens with one attached hydrogen (secondary N) is 2. The highest BCUT2D eigenvalue weighted by molar-refractivity contribution is 6.17. The van der Waals surface area contributed by atoms with Crippen molar-refractivity contribution in [3.63, 3.8) is 0 Å². The Balaban J connectivity index is 1.51. The number of aliphatic hydroxyl groups excluding tert-OH is 1. The number of rotatable bonds is 3. The average Bonchev–Trinajstić information content (AvgIpc) is 3.07. The molecule has 0 radical (unpaired) electrons. The second-order valence-corrected chi connectivity index (χ2v) is 6.71. The van der Waals surface area contributed by atoms with Gasteiger partial charge in [-0.25, -0.2) is 4.79 Å². The molecule has 0 bridgehead atoms. The van der Waals surface area contributed by atoms with E-state index in [0.717, 1.165) is 21.8 Å². The molecule has 3 amide bonds. The molecular weight excluding hydrogens is 344 g/mol. The van der Waals surface area contributed by atoms with Gasteiger partial charge in [0.05, 0.1) is 17.7 Å². The maximum Gasteiger partial charge on any atom is 0.324 e. The number of urea groups is 1. The van der Waals surface area contributed by atoms with Crippen molar-refractivity contribution in [2.45, 2.75) is 0 Å². The number of benzene rings is 2. The number of imide groups is 1. The third kappa shape index (κ3) is 3.39. The smallest absolute Gasteiger partial charge is 0.324 e. The van der Waals surface area contributed by atoms with Gasteiger partial charge in [0.1, 0.15) is 0 Å². The van der Waals surface area contributed by atoms with Crippen molar-refractivity contribution in [2.24, 2.45) is 0 Å². The van der Waals surface area contributed by atoms with Gasteiger partial charge in [0.15, 0.2) is 0 Å². The van der Waals surface area contributed by atoms with Gasteiger partial charge in [0.25, 0.3) is 5.91 Å². The van der Waals surface area contributed by atoms with Crippen molar-refractivity contribution in [1.82, 2.24) is 20.1 Å². The number of aromatic amines is 1. The number of amides is 3. The molecule has 4 rings (SSSR count). The zero-order valence-electron chi connectivity index (χ0n) is 14.9.